The van der Waals surface area contributed by atoms with Crippen LogP contribution in [0.3, 0.4) is 0 Å². The maximum absolute atomic E-state index is 13.0. The van der Waals surface area contributed by atoms with Gasteiger partial charge in [0.25, 0.3) is 0 Å². The van der Waals surface area contributed by atoms with Crippen molar-refractivity contribution in [2.24, 2.45) is 11.8 Å². The predicted octanol–water partition coefficient (Wildman–Crippen LogP) is 4.79. The third-order valence-corrected chi connectivity index (χ3v) is 5.70. The van der Waals surface area contributed by atoms with Crippen LogP contribution in [0, 0.1) is 11.8 Å². The second-order valence-electron chi connectivity index (χ2n) is 7.77. The number of carbonyl (C=O) groups is 3. The summed E-state index contributed by atoms with van der Waals surface area (Å²) in [4.78, 5) is 37.6. The van der Waals surface area contributed by atoms with Gasteiger partial charge in [-0.1, -0.05) is 42.5 Å². The molecule has 6 heteroatoms. The van der Waals surface area contributed by atoms with Gasteiger partial charge in [-0.25, -0.2) is 4.79 Å². The van der Waals surface area contributed by atoms with Gasteiger partial charge in [-0.3, -0.25) is 9.59 Å². The summed E-state index contributed by atoms with van der Waals surface area (Å²) in [6.45, 7) is 0. The van der Waals surface area contributed by atoms with Gasteiger partial charge in [0.2, 0.25) is 11.8 Å². The van der Waals surface area contributed by atoms with E-state index in [2.05, 4.69) is 15.4 Å². The van der Waals surface area contributed by atoms with Crippen LogP contribution in [-0.4, -0.2) is 24.9 Å². The van der Waals surface area contributed by atoms with E-state index in [0.717, 1.165) is 10.8 Å². The van der Waals surface area contributed by atoms with Crippen LogP contribution in [0.4, 0.5) is 11.4 Å². The number of ether oxygens (including phenoxy) is 1. The van der Waals surface area contributed by atoms with Gasteiger partial charge >= 0.3 is 5.97 Å². The Morgan fingerprint density at radius 1 is 0.750 bits per heavy atom. The van der Waals surface area contributed by atoms with Gasteiger partial charge in [0.15, 0.2) is 0 Å². The first-order valence-corrected chi connectivity index (χ1v) is 10.5. The zero-order valence-electron chi connectivity index (χ0n) is 17.7. The molecule has 0 saturated heterocycles. The lowest BCUT2D eigenvalue weighted by molar-refractivity contribution is -0.129. The number of allylic oxidation sites excluding steroid dienone is 2. The van der Waals surface area contributed by atoms with Crippen molar-refractivity contribution in [1.29, 1.82) is 0 Å². The number of benzene rings is 3. The van der Waals surface area contributed by atoms with Gasteiger partial charge in [0.1, 0.15) is 0 Å². The second kappa shape index (κ2) is 9.47. The van der Waals surface area contributed by atoms with Crippen molar-refractivity contribution in [3.63, 3.8) is 0 Å². The standard InChI is InChI=1S/C26H24N2O4/c1-32-26(31)18-11-13-20(14-12-18)27-24(29)22-8-4-5-9-23(22)25(30)28-21-15-10-17-6-2-3-7-19(17)16-21/h2-7,10-16,22-23H,8-9H2,1H3,(H,27,29)(H,28,30). The molecule has 32 heavy (non-hydrogen) atoms. The van der Waals surface area contributed by atoms with E-state index in [1.165, 1.54) is 7.11 Å². The molecular weight excluding hydrogens is 404 g/mol. The summed E-state index contributed by atoms with van der Waals surface area (Å²) in [5.74, 6) is -1.79. The fourth-order valence-electron chi connectivity index (χ4n) is 3.94. The smallest absolute Gasteiger partial charge is 0.337 e. The van der Waals surface area contributed by atoms with E-state index < -0.39 is 17.8 Å². The minimum Gasteiger partial charge on any atom is -0.465 e. The number of methoxy groups -OCH3 is 1. The molecule has 3 aromatic carbocycles. The van der Waals surface area contributed by atoms with E-state index in [4.69, 9.17) is 0 Å². The van der Waals surface area contributed by atoms with Gasteiger partial charge in [-0.2, -0.15) is 0 Å². The molecule has 6 nitrogen and oxygen atoms in total. The lowest BCUT2D eigenvalue weighted by Crippen LogP contribution is -2.37. The van der Waals surface area contributed by atoms with Crippen molar-refractivity contribution in [2.45, 2.75) is 12.8 Å². The van der Waals surface area contributed by atoms with Crippen molar-refractivity contribution < 1.29 is 19.1 Å². The molecule has 0 fully saturated rings. The fourth-order valence-corrected chi connectivity index (χ4v) is 3.94. The quantitative estimate of drug-likeness (QED) is 0.452. The molecule has 0 bridgehead atoms. The van der Waals surface area contributed by atoms with Crippen LogP contribution >= 0.6 is 0 Å². The first kappa shape index (κ1) is 21.3. The largest absolute Gasteiger partial charge is 0.465 e. The molecule has 0 radical (unpaired) electrons. The van der Waals surface area contributed by atoms with Crippen LogP contribution in [0.5, 0.6) is 0 Å². The minimum absolute atomic E-state index is 0.175. The number of hydrogen-bond donors (Lipinski definition) is 2. The number of anilines is 2. The normalized spacial score (nSPS) is 17.5. The van der Waals surface area contributed by atoms with Crippen molar-refractivity contribution in [3.8, 4) is 0 Å². The van der Waals surface area contributed by atoms with Crippen molar-refractivity contribution in [1.82, 2.24) is 0 Å². The van der Waals surface area contributed by atoms with E-state index in [1.54, 1.807) is 24.3 Å². The maximum atomic E-state index is 13.0. The zero-order chi connectivity index (χ0) is 22.5. The Kier molecular flexibility index (Phi) is 6.31. The van der Waals surface area contributed by atoms with Crippen LogP contribution < -0.4 is 10.6 Å². The summed E-state index contributed by atoms with van der Waals surface area (Å²) < 4.78 is 4.69. The number of fused-ring (bicyclic) bond motifs is 1. The monoisotopic (exact) mass is 428 g/mol. The van der Waals surface area contributed by atoms with E-state index in [9.17, 15) is 14.4 Å². The molecule has 162 valence electrons. The minimum atomic E-state index is -0.485. The molecule has 0 aromatic heterocycles. The molecule has 0 aliphatic heterocycles. The van der Waals surface area contributed by atoms with Crippen LogP contribution in [0.1, 0.15) is 23.2 Å². The summed E-state index contributed by atoms with van der Waals surface area (Å²) in [6, 6.07) is 20.2. The first-order chi connectivity index (χ1) is 15.5. The topological polar surface area (TPSA) is 84.5 Å². The van der Waals surface area contributed by atoms with Crippen LogP contribution in [-0.2, 0) is 14.3 Å². The third-order valence-electron chi connectivity index (χ3n) is 5.70. The van der Waals surface area contributed by atoms with E-state index >= 15 is 0 Å². The van der Waals surface area contributed by atoms with Gasteiger partial charge in [0, 0.05) is 11.4 Å². The summed E-state index contributed by atoms with van der Waals surface area (Å²) >= 11 is 0. The first-order valence-electron chi connectivity index (χ1n) is 10.5. The highest BCUT2D eigenvalue weighted by molar-refractivity contribution is 6.01. The maximum Gasteiger partial charge on any atom is 0.337 e. The number of hydrogen-bond acceptors (Lipinski definition) is 4. The summed E-state index contributed by atoms with van der Waals surface area (Å²) in [5.41, 5.74) is 1.67. The van der Waals surface area contributed by atoms with Gasteiger partial charge in [-0.15, -0.1) is 0 Å². The molecule has 0 saturated carbocycles. The summed E-state index contributed by atoms with van der Waals surface area (Å²) in [6.07, 6.45) is 4.87. The Bertz CT molecular complexity index is 1180. The zero-order valence-corrected chi connectivity index (χ0v) is 17.7. The lowest BCUT2D eigenvalue weighted by atomic mass is 9.81. The second-order valence-corrected chi connectivity index (χ2v) is 7.77. The predicted molar refractivity (Wildman–Crippen MR) is 124 cm³/mol. The molecule has 0 heterocycles. The Balaban J connectivity index is 1.45. The van der Waals surface area contributed by atoms with Crippen molar-refractivity contribution >= 4 is 39.9 Å². The molecule has 3 aromatic rings. The number of amides is 2. The fraction of sp³-hybridized carbons (Fsp3) is 0.192. The lowest BCUT2D eigenvalue weighted by Gasteiger charge is -2.26. The average Bonchev–Trinajstić information content (AvgIpc) is 2.84. The van der Waals surface area contributed by atoms with E-state index in [1.807, 2.05) is 54.6 Å². The van der Waals surface area contributed by atoms with Gasteiger partial charge in [-0.05, 0) is 60.0 Å². The molecular formula is C26H24N2O4. The Hall–Kier alpha value is -3.93. The average molecular weight is 428 g/mol. The number of nitrogens with one attached hydrogen (secondary N) is 2. The highest BCUT2D eigenvalue weighted by Gasteiger charge is 2.34. The van der Waals surface area contributed by atoms with Crippen molar-refractivity contribution in [3.05, 3.63) is 84.4 Å². The molecule has 2 N–H and O–H groups in total. The molecule has 2 amide bonds. The van der Waals surface area contributed by atoms with E-state index in [0.29, 0.717) is 29.8 Å². The SMILES string of the molecule is COC(=O)c1ccc(NC(=O)C2CC=CCC2C(=O)Nc2ccc3ccccc3c2)cc1. The van der Waals surface area contributed by atoms with E-state index in [-0.39, 0.29) is 11.8 Å². The summed E-state index contributed by atoms with van der Waals surface area (Å²) in [7, 11) is 1.32. The molecule has 2 atom stereocenters. The molecule has 1 aliphatic carbocycles. The molecule has 4 rings (SSSR count). The molecule has 2 unspecified atom stereocenters. The van der Waals surface area contributed by atoms with Gasteiger partial charge < -0.3 is 15.4 Å². The number of carbonyl (C=O) groups excluding carboxylic acids is 3. The Morgan fingerprint density at radius 2 is 1.31 bits per heavy atom. The van der Waals surface area contributed by atoms with Crippen LogP contribution in [0.25, 0.3) is 10.8 Å². The Labute approximate surface area is 186 Å². The third kappa shape index (κ3) is 4.70. The van der Waals surface area contributed by atoms with Crippen molar-refractivity contribution in [2.75, 3.05) is 17.7 Å². The van der Waals surface area contributed by atoms with Crippen LogP contribution in [0.15, 0.2) is 78.9 Å². The Morgan fingerprint density at radius 3 is 1.94 bits per heavy atom. The highest BCUT2D eigenvalue weighted by atomic mass is 16.5. The van der Waals surface area contributed by atoms with Crippen LogP contribution in [0.2, 0.25) is 0 Å². The highest BCUT2D eigenvalue weighted by Crippen LogP contribution is 2.29. The van der Waals surface area contributed by atoms with Gasteiger partial charge in [0.05, 0.1) is 24.5 Å². The number of rotatable bonds is 5. The molecule has 1 aliphatic rings. The molecule has 0 spiro atoms. The summed E-state index contributed by atoms with van der Waals surface area (Å²) in [5, 5.41) is 7.98. The number of esters is 1.